The van der Waals surface area contributed by atoms with Gasteiger partial charge in [0.05, 0.1) is 18.4 Å². The van der Waals surface area contributed by atoms with E-state index in [9.17, 15) is 9.59 Å². The van der Waals surface area contributed by atoms with Crippen LogP contribution in [0.15, 0.2) is 47.1 Å². The second-order valence-electron chi connectivity index (χ2n) is 8.18. The van der Waals surface area contributed by atoms with E-state index < -0.39 is 12.1 Å². The smallest absolute Gasteiger partial charge is 0.340 e. The molecule has 0 aliphatic heterocycles. The molecule has 0 aliphatic rings. The minimum atomic E-state index is -0.930. The molecule has 1 amide bonds. The van der Waals surface area contributed by atoms with Crippen LogP contribution >= 0.6 is 0 Å². The molecule has 0 unspecified atom stereocenters. The van der Waals surface area contributed by atoms with Crippen molar-refractivity contribution in [2.24, 2.45) is 0 Å². The molecule has 1 N–H and O–H groups in total. The number of rotatable bonds is 7. The number of carbonyl (C=O) groups is 2. The van der Waals surface area contributed by atoms with Gasteiger partial charge in [-0.25, -0.2) is 4.79 Å². The molecule has 1 atom stereocenters. The van der Waals surface area contributed by atoms with Gasteiger partial charge in [0.25, 0.3) is 5.91 Å². The van der Waals surface area contributed by atoms with Crippen LogP contribution in [0.2, 0.25) is 0 Å². The van der Waals surface area contributed by atoms with Crippen LogP contribution in [0.4, 0.5) is 5.69 Å². The number of hydrogen-bond donors (Lipinski definition) is 1. The van der Waals surface area contributed by atoms with E-state index in [0.717, 1.165) is 34.0 Å². The second-order valence-corrected chi connectivity index (χ2v) is 8.18. The molecule has 2 heterocycles. The summed E-state index contributed by atoms with van der Waals surface area (Å²) in [6.07, 6.45) is 0.693. The third kappa shape index (κ3) is 4.90. The lowest BCUT2D eigenvalue weighted by atomic mass is 9.98. The van der Waals surface area contributed by atoms with Gasteiger partial charge in [0, 0.05) is 17.1 Å². The predicted molar refractivity (Wildman–Crippen MR) is 120 cm³/mol. The standard InChI is InChI=1S/C25H30N2O4/c1-15(2)21-11-7-9-16(3)23(21)26-24(28)19(6)31-25(29)22-13-17(4)27(18(22)5)14-20-10-8-12-30-20/h7-13,15,19H,14H2,1-6H3,(H,26,28)/t19-/m0/s1. The second kappa shape index (κ2) is 9.25. The Morgan fingerprint density at radius 3 is 2.48 bits per heavy atom. The van der Waals surface area contributed by atoms with E-state index in [1.807, 2.05) is 55.7 Å². The normalized spacial score (nSPS) is 12.1. The highest BCUT2D eigenvalue weighted by atomic mass is 16.5. The van der Waals surface area contributed by atoms with Crippen molar-refractivity contribution in [3.05, 3.63) is 76.5 Å². The van der Waals surface area contributed by atoms with Crippen molar-refractivity contribution < 1.29 is 18.7 Å². The first-order valence-corrected chi connectivity index (χ1v) is 10.5. The van der Waals surface area contributed by atoms with Crippen LogP contribution in [0.5, 0.6) is 0 Å². The van der Waals surface area contributed by atoms with E-state index in [0.29, 0.717) is 12.1 Å². The first-order chi connectivity index (χ1) is 14.7. The number of ether oxygens (including phenoxy) is 1. The zero-order valence-corrected chi connectivity index (χ0v) is 19.0. The number of hydrogen-bond acceptors (Lipinski definition) is 4. The third-order valence-electron chi connectivity index (χ3n) is 5.52. The van der Waals surface area contributed by atoms with Crippen molar-refractivity contribution in [3.8, 4) is 0 Å². The molecule has 0 aliphatic carbocycles. The Balaban J connectivity index is 1.72. The number of aryl methyl sites for hydroxylation is 2. The zero-order valence-electron chi connectivity index (χ0n) is 19.0. The number of aromatic nitrogens is 1. The van der Waals surface area contributed by atoms with Crippen LogP contribution < -0.4 is 5.32 Å². The van der Waals surface area contributed by atoms with Crippen LogP contribution in [-0.2, 0) is 16.1 Å². The summed E-state index contributed by atoms with van der Waals surface area (Å²) < 4.78 is 12.9. The fraction of sp³-hybridized carbons (Fsp3) is 0.360. The summed E-state index contributed by atoms with van der Waals surface area (Å²) in [5.41, 5.74) is 4.93. The number of nitrogens with zero attached hydrogens (tertiary/aromatic N) is 1. The summed E-state index contributed by atoms with van der Waals surface area (Å²) in [5.74, 6) is 0.186. The Morgan fingerprint density at radius 1 is 1.10 bits per heavy atom. The summed E-state index contributed by atoms with van der Waals surface area (Å²) in [6, 6.07) is 11.4. The van der Waals surface area contributed by atoms with E-state index in [-0.39, 0.29) is 11.8 Å². The molecule has 3 rings (SSSR count). The van der Waals surface area contributed by atoms with Crippen molar-refractivity contribution in [2.75, 3.05) is 5.32 Å². The molecule has 0 saturated carbocycles. The van der Waals surface area contributed by atoms with Crippen LogP contribution in [0, 0.1) is 20.8 Å². The number of carbonyl (C=O) groups excluding carboxylic acids is 2. The Morgan fingerprint density at radius 2 is 1.84 bits per heavy atom. The first kappa shape index (κ1) is 22.4. The number of benzene rings is 1. The lowest BCUT2D eigenvalue weighted by Gasteiger charge is -2.19. The number of amides is 1. The molecular formula is C25H30N2O4. The number of anilines is 1. The highest BCUT2D eigenvalue weighted by Crippen LogP contribution is 2.27. The van der Waals surface area contributed by atoms with Crippen molar-refractivity contribution in [3.63, 3.8) is 0 Å². The highest BCUT2D eigenvalue weighted by Gasteiger charge is 2.24. The number of para-hydroxylation sites is 1. The number of furan rings is 1. The molecule has 6 heteroatoms. The van der Waals surface area contributed by atoms with E-state index in [1.54, 1.807) is 19.3 Å². The maximum Gasteiger partial charge on any atom is 0.340 e. The summed E-state index contributed by atoms with van der Waals surface area (Å²) in [4.78, 5) is 25.6. The van der Waals surface area contributed by atoms with Gasteiger partial charge in [-0.05, 0) is 62.9 Å². The average Bonchev–Trinajstić information content (AvgIpc) is 3.32. The zero-order chi connectivity index (χ0) is 22.7. The van der Waals surface area contributed by atoms with Gasteiger partial charge in [-0.2, -0.15) is 0 Å². The molecule has 0 fully saturated rings. The van der Waals surface area contributed by atoms with E-state index in [1.165, 1.54) is 0 Å². The van der Waals surface area contributed by atoms with Crippen molar-refractivity contribution in [2.45, 2.75) is 60.1 Å². The van der Waals surface area contributed by atoms with Crippen LogP contribution in [0.3, 0.4) is 0 Å². The SMILES string of the molecule is Cc1cccc(C(C)C)c1NC(=O)[C@H](C)OC(=O)c1cc(C)n(Cc2ccco2)c1C. The monoisotopic (exact) mass is 422 g/mol. The van der Waals surface area contributed by atoms with Crippen LogP contribution in [-0.4, -0.2) is 22.5 Å². The minimum Gasteiger partial charge on any atom is -0.467 e. The summed E-state index contributed by atoms with van der Waals surface area (Å²) in [5, 5.41) is 2.94. The molecule has 0 radical (unpaired) electrons. The van der Waals surface area contributed by atoms with Crippen molar-refractivity contribution in [1.29, 1.82) is 0 Å². The fourth-order valence-corrected chi connectivity index (χ4v) is 3.65. The first-order valence-electron chi connectivity index (χ1n) is 10.5. The lowest BCUT2D eigenvalue weighted by molar-refractivity contribution is -0.123. The molecule has 1 aromatic carbocycles. The lowest BCUT2D eigenvalue weighted by Crippen LogP contribution is -2.30. The Bertz CT molecular complexity index is 1080. The predicted octanol–water partition coefficient (Wildman–Crippen LogP) is 5.36. The molecular weight excluding hydrogens is 392 g/mol. The Labute approximate surface area is 183 Å². The van der Waals surface area contributed by atoms with Crippen molar-refractivity contribution in [1.82, 2.24) is 4.57 Å². The molecule has 0 spiro atoms. The molecule has 2 aromatic heterocycles. The van der Waals surface area contributed by atoms with Gasteiger partial charge in [-0.3, -0.25) is 4.79 Å². The highest BCUT2D eigenvalue weighted by molar-refractivity contribution is 5.98. The molecule has 0 bridgehead atoms. The van der Waals surface area contributed by atoms with Gasteiger partial charge >= 0.3 is 5.97 Å². The van der Waals surface area contributed by atoms with Crippen LogP contribution in [0.1, 0.15) is 65.3 Å². The van der Waals surface area contributed by atoms with Gasteiger partial charge in [0.1, 0.15) is 5.76 Å². The molecule has 0 saturated heterocycles. The van der Waals surface area contributed by atoms with Gasteiger partial charge in [0.2, 0.25) is 0 Å². The van der Waals surface area contributed by atoms with E-state index in [2.05, 4.69) is 19.2 Å². The average molecular weight is 423 g/mol. The molecule has 31 heavy (non-hydrogen) atoms. The largest absolute Gasteiger partial charge is 0.467 e. The summed E-state index contributed by atoms with van der Waals surface area (Å²) in [7, 11) is 0. The van der Waals surface area contributed by atoms with Gasteiger partial charge in [0.15, 0.2) is 6.10 Å². The van der Waals surface area contributed by atoms with Crippen molar-refractivity contribution >= 4 is 17.6 Å². The molecule has 3 aromatic rings. The Kier molecular flexibility index (Phi) is 6.68. The van der Waals surface area contributed by atoms with Crippen LogP contribution in [0.25, 0.3) is 0 Å². The number of nitrogens with one attached hydrogen (secondary N) is 1. The number of esters is 1. The summed E-state index contributed by atoms with van der Waals surface area (Å²) >= 11 is 0. The fourth-order valence-electron chi connectivity index (χ4n) is 3.65. The minimum absolute atomic E-state index is 0.257. The summed E-state index contributed by atoms with van der Waals surface area (Å²) in [6.45, 7) is 12.0. The van der Waals surface area contributed by atoms with Gasteiger partial charge < -0.3 is 19.0 Å². The van der Waals surface area contributed by atoms with Gasteiger partial charge in [-0.15, -0.1) is 0 Å². The quantitative estimate of drug-likeness (QED) is 0.520. The Hall–Kier alpha value is -3.28. The van der Waals surface area contributed by atoms with E-state index in [4.69, 9.17) is 9.15 Å². The third-order valence-corrected chi connectivity index (χ3v) is 5.52. The molecule has 164 valence electrons. The molecule has 6 nitrogen and oxygen atoms in total. The topological polar surface area (TPSA) is 73.5 Å². The maximum absolute atomic E-state index is 12.8. The van der Waals surface area contributed by atoms with Gasteiger partial charge in [-0.1, -0.05) is 32.0 Å². The maximum atomic E-state index is 12.8. The van der Waals surface area contributed by atoms with E-state index >= 15 is 0 Å².